The lowest BCUT2D eigenvalue weighted by Gasteiger charge is -2.17. The average Bonchev–Trinajstić information content (AvgIpc) is 2.87. The van der Waals surface area contributed by atoms with Crippen LogP contribution in [0.2, 0.25) is 0 Å². The summed E-state index contributed by atoms with van der Waals surface area (Å²) in [6, 6.07) is 14.2. The molecule has 0 saturated carbocycles. The number of benzene rings is 2. The van der Waals surface area contributed by atoms with E-state index in [2.05, 4.69) is 9.97 Å². The fourth-order valence-corrected chi connectivity index (χ4v) is 3.06. The molecule has 1 heterocycles. The van der Waals surface area contributed by atoms with Gasteiger partial charge in [-0.3, -0.25) is 9.59 Å². The second-order valence-electron chi connectivity index (χ2n) is 7.32. The fraction of sp³-hybridized carbons (Fsp3) is 0.280. The maximum Gasteiger partial charge on any atom is 0.256 e. The molecule has 0 unspecified atom stereocenters. The first kappa shape index (κ1) is 23.7. The monoisotopic (exact) mass is 449 g/mol. The highest BCUT2D eigenvalue weighted by atomic mass is 16.5. The Morgan fingerprint density at radius 3 is 1.94 bits per heavy atom. The zero-order valence-corrected chi connectivity index (χ0v) is 19.0. The van der Waals surface area contributed by atoms with Crippen molar-refractivity contribution in [1.82, 2.24) is 14.9 Å². The number of carbonyl (C=O) groups is 2. The van der Waals surface area contributed by atoms with Crippen LogP contribution in [-0.4, -0.2) is 61.0 Å². The van der Waals surface area contributed by atoms with Crippen molar-refractivity contribution >= 4 is 11.7 Å². The van der Waals surface area contributed by atoms with E-state index in [0.29, 0.717) is 42.3 Å². The van der Waals surface area contributed by atoms with Crippen LogP contribution in [0.15, 0.2) is 60.9 Å². The molecule has 33 heavy (non-hydrogen) atoms. The maximum absolute atomic E-state index is 12.6. The second kappa shape index (κ2) is 11.6. The number of ether oxygens (including phenoxy) is 3. The van der Waals surface area contributed by atoms with Crippen molar-refractivity contribution in [3.8, 4) is 17.2 Å². The van der Waals surface area contributed by atoms with Gasteiger partial charge in [-0.25, -0.2) is 9.97 Å². The van der Waals surface area contributed by atoms with Crippen LogP contribution in [0.3, 0.4) is 0 Å². The predicted octanol–water partition coefficient (Wildman–Crippen LogP) is 3.46. The number of nitrogens with zero attached hydrogens (tertiary/aromatic N) is 3. The summed E-state index contributed by atoms with van der Waals surface area (Å²) in [6.45, 7) is 1.000. The van der Waals surface area contributed by atoms with Gasteiger partial charge in [0.15, 0.2) is 5.78 Å². The first-order valence-corrected chi connectivity index (χ1v) is 10.5. The van der Waals surface area contributed by atoms with E-state index in [0.717, 1.165) is 11.5 Å². The molecule has 0 atom stereocenters. The predicted molar refractivity (Wildman–Crippen MR) is 123 cm³/mol. The Morgan fingerprint density at radius 2 is 1.36 bits per heavy atom. The molecule has 1 aromatic heterocycles. The Balaban J connectivity index is 1.45. The molecule has 3 aromatic rings. The van der Waals surface area contributed by atoms with Crippen molar-refractivity contribution in [2.24, 2.45) is 0 Å². The zero-order valence-electron chi connectivity index (χ0n) is 19.0. The lowest BCUT2D eigenvalue weighted by molar-refractivity contribution is 0.0787. The Bertz CT molecular complexity index is 1050. The largest absolute Gasteiger partial charge is 0.497 e. The van der Waals surface area contributed by atoms with Gasteiger partial charge in [-0.1, -0.05) is 0 Å². The molecule has 3 rings (SSSR count). The van der Waals surface area contributed by atoms with Crippen LogP contribution >= 0.6 is 0 Å². The summed E-state index contributed by atoms with van der Waals surface area (Å²) in [7, 11) is 4.90. The van der Waals surface area contributed by atoms with Crippen LogP contribution in [0.25, 0.3) is 0 Å². The van der Waals surface area contributed by atoms with Gasteiger partial charge < -0.3 is 19.1 Å². The number of hydrogen-bond acceptors (Lipinski definition) is 7. The molecule has 172 valence electrons. The normalized spacial score (nSPS) is 10.4. The van der Waals surface area contributed by atoms with Crippen molar-refractivity contribution in [1.29, 1.82) is 0 Å². The first-order chi connectivity index (χ1) is 16.0. The number of ketones is 1. The number of aromatic nitrogens is 2. The molecular weight excluding hydrogens is 422 g/mol. The van der Waals surface area contributed by atoms with E-state index in [1.165, 1.54) is 12.4 Å². The highest BCUT2D eigenvalue weighted by molar-refractivity contribution is 5.97. The number of amides is 1. The van der Waals surface area contributed by atoms with E-state index >= 15 is 0 Å². The van der Waals surface area contributed by atoms with E-state index < -0.39 is 0 Å². The van der Waals surface area contributed by atoms with Crippen LogP contribution in [0.4, 0.5) is 0 Å². The van der Waals surface area contributed by atoms with Gasteiger partial charge in [0, 0.05) is 31.5 Å². The third-order valence-corrected chi connectivity index (χ3v) is 5.00. The van der Waals surface area contributed by atoms with E-state index in [9.17, 15) is 9.59 Å². The van der Waals surface area contributed by atoms with E-state index in [1.54, 1.807) is 50.4 Å². The molecule has 8 nitrogen and oxygen atoms in total. The maximum atomic E-state index is 12.6. The van der Waals surface area contributed by atoms with Crippen LogP contribution in [0.1, 0.15) is 33.0 Å². The lowest BCUT2D eigenvalue weighted by Crippen LogP contribution is -2.29. The van der Waals surface area contributed by atoms with Gasteiger partial charge >= 0.3 is 0 Å². The van der Waals surface area contributed by atoms with Crippen LogP contribution in [-0.2, 0) is 6.42 Å². The molecule has 0 aliphatic carbocycles. The molecule has 2 aromatic carbocycles. The minimum Gasteiger partial charge on any atom is -0.497 e. The average molecular weight is 450 g/mol. The quantitative estimate of drug-likeness (QED) is 0.327. The number of methoxy groups -OCH3 is 2. The molecule has 1 amide bonds. The molecule has 0 spiro atoms. The number of carbonyl (C=O) groups excluding carboxylic acids is 2. The topological polar surface area (TPSA) is 90.9 Å². The summed E-state index contributed by atoms with van der Waals surface area (Å²) in [5, 5.41) is 0. The van der Waals surface area contributed by atoms with Crippen LogP contribution < -0.4 is 14.2 Å². The van der Waals surface area contributed by atoms with Crippen LogP contribution in [0, 0.1) is 0 Å². The third-order valence-electron chi connectivity index (χ3n) is 5.00. The van der Waals surface area contributed by atoms with Gasteiger partial charge in [-0.2, -0.15) is 0 Å². The smallest absolute Gasteiger partial charge is 0.256 e. The number of hydrogen-bond donors (Lipinski definition) is 0. The van der Waals surface area contributed by atoms with Crippen LogP contribution in [0.5, 0.6) is 17.2 Å². The highest BCUT2D eigenvalue weighted by Gasteiger charge is 2.14. The van der Waals surface area contributed by atoms with E-state index in [1.807, 2.05) is 24.3 Å². The van der Waals surface area contributed by atoms with Crippen molar-refractivity contribution < 1.29 is 23.8 Å². The standard InChI is InChI=1S/C25H27N3O5/c1-28(13-4-14-33-22-11-9-21(32-3)10-12-22)25(30)19-16-26-24(27-17-19)15-23(29)18-5-7-20(31-2)8-6-18/h5-12,16-17H,4,13-15H2,1-3H3. The first-order valence-electron chi connectivity index (χ1n) is 10.5. The molecular formula is C25H27N3O5. The van der Waals surface area contributed by atoms with Crippen molar-refractivity contribution in [2.75, 3.05) is 34.4 Å². The van der Waals surface area contributed by atoms with Gasteiger partial charge in [0.25, 0.3) is 5.91 Å². The number of Topliss-reactive ketones (excluding diaryl/α,β-unsaturated/α-hetero) is 1. The highest BCUT2D eigenvalue weighted by Crippen LogP contribution is 2.17. The van der Waals surface area contributed by atoms with Gasteiger partial charge in [0.05, 0.1) is 32.8 Å². The molecule has 0 radical (unpaired) electrons. The van der Waals surface area contributed by atoms with Crippen molar-refractivity contribution in [3.63, 3.8) is 0 Å². The van der Waals surface area contributed by atoms with Gasteiger partial charge in [-0.15, -0.1) is 0 Å². The Hall–Kier alpha value is -3.94. The molecule has 0 bridgehead atoms. The van der Waals surface area contributed by atoms with Crippen molar-refractivity contribution in [3.05, 3.63) is 77.9 Å². The summed E-state index contributed by atoms with van der Waals surface area (Å²) in [4.78, 5) is 35.0. The minimum absolute atomic E-state index is 0.0549. The summed E-state index contributed by atoms with van der Waals surface area (Å²) < 4.78 is 15.9. The SMILES string of the molecule is COc1ccc(OCCCN(C)C(=O)c2cnc(CC(=O)c3ccc(OC)cc3)nc2)cc1. The van der Waals surface area contributed by atoms with Crippen molar-refractivity contribution in [2.45, 2.75) is 12.8 Å². The Labute approximate surface area is 193 Å². The second-order valence-corrected chi connectivity index (χ2v) is 7.32. The number of rotatable bonds is 11. The van der Waals surface area contributed by atoms with Gasteiger partial charge in [-0.05, 0) is 55.0 Å². The summed E-state index contributed by atoms with van der Waals surface area (Å²) >= 11 is 0. The molecule has 0 fully saturated rings. The summed E-state index contributed by atoms with van der Waals surface area (Å²) in [5.74, 6) is 2.27. The third kappa shape index (κ3) is 6.77. The Kier molecular flexibility index (Phi) is 8.35. The minimum atomic E-state index is -0.188. The van der Waals surface area contributed by atoms with Gasteiger partial charge in [0.2, 0.25) is 0 Å². The molecule has 0 N–H and O–H groups in total. The molecule has 8 heteroatoms. The molecule has 0 aliphatic rings. The summed E-state index contributed by atoms with van der Waals surface area (Å²) in [5.41, 5.74) is 0.922. The van der Waals surface area contributed by atoms with E-state index in [-0.39, 0.29) is 18.1 Å². The molecule has 0 aliphatic heterocycles. The Morgan fingerprint density at radius 1 is 0.818 bits per heavy atom. The molecule has 0 saturated heterocycles. The van der Waals surface area contributed by atoms with Gasteiger partial charge in [0.1, 0.15) is 23.1 Å². The fourth-order valence-electron chi connectivity index (χ4n) is 3.06. The van der Waals surface area contributed by atoms with E-state index in [4.69, 9.17) is 14.2 Å². The zero-order chi connectivity index (χ0) is 23.6. The summed E-state index contributed by atoms with van der Waals surface area (Å²) in [6.07, 6.45) is 3.63. The lowest BCUT2D eigenvalue weighted by atomic mass is 10.1.